The van der Waals surface area contributed by atoms with Crippen molar-refractivity contribution in [2.75, 3.05) is 13.2 Å². The van der Waals surface area contributed by atoms with Crippen LogP contribution in [-0.2, 0) is 4.79 Å². The monoisotopic (exact) mass is 405 g/mol. The fraction of sp³-hybridized carbons (Fsp3) is 0.952. The van der Waals surface area contributed by atoms with E-state index in [1.54, 1.807) is 0 Å². The Bertz CT molecular complexity index is 584. The van der Waals surface area contributed by atoms with E-state index in [0.717, 1.165) is 38.5 Å². The lowest BCUT2D eigenvalue weighted by Crippen LogP contribution is -2.54. The van der Waals surface area contributed by atoms with E-state index in [1.165, 1.54) is 0 Å². The van der Waals surface area contributed by atoms with Crippen LogP contribution < -0.4 is 5.32 Å². The maximum Gasteiger partial charge on any atom is 0.471 e. The Morgan fingerprint density at radius 3 is 2.46 bits per heavy atom. The molecule has 7 atom stereocenters. The molecule has 3 rings (SSSR count). The molecule has 0 aliphatic heterocycles. The van der Waals surface area contributed by atoms with Crippen LogP contribution >= 0.6 is 0 Å². The molecule has 3 N–H and O–H groups in total. The van der Waals surface area contributed by atoms with Gasteiger partial charge in [-0.05, 0) is 79.4 Å². The van der Waals surface area contributed by atoms with E-state index in [-0.39, 0.29) is 41.7 Å². The third-order valence-electron chi connectivity index (χ3n) is 8.55. The van der Waals surface area contributed by atoms with E-state index in [1.807, 2.05) is 0 Å². The van der Waals surface area contributed by atoms with Crippen molar-refractivity contribution >= 4 is 5.91 Å². The fourth-order valence-corrected chi connectivity index (χ4v) is 6.86. The zero-order valence-electron chi connectivity index (χ0n) is 16.9. The third kappa shape index (κ3) is 3.93. The summed E-state index contributed by atoms with van der Waals surface area (Å²) >= 11 is 0. The van der Waals surface area contributed by atoms with Crippen molar-refractivity contribution in [1.82, 2.24) is 5.32 Å². The van der Waals surface area contributed by atoms with Crippen molar-refractivity contribution in [3.63, 3.8) is 0 Å². The Kier molecular flexibility index (Phi) is 6.08. The van der Waals surface area contributed by atoms with Gasteiger partial charge in [0.1, 0.15) is 0 Å². The predicted molar refractivity (Wildman–Crippen MR) is 99.3 cm³/mol. The van der Waals surface area contributed by atoms with Crippen molar-refractivity contribution in [1.29, 1.82) is 0 Å². The van der Waals surface area contributed by atoms with Gasteiger partial charge in [0.25, 0.3) is 0 Å². The molecule has 4 nitrogen and oxygen atoms in total. The minimum absolute atomic E-state index is 0.0202. The summed E-state index contributed by atoms with van der Waals surface area (Å²) in [6, 6.07) is 0. The molecule has 162 valence electrons. The molecule has 0 saturated heterocycles. The van der Waals surface area contributed by atoms with Gasteiger partial charge in [-0.2, -0.15) is 13.2 Å². The van der Waals surface area contributed by atoms with Crippen LogP contribution in [0.15, 0.2) is 0 Å². The van der Waals surface area contributed by atoms with E-state index in [2.05, 4.69) is 19.2 Å². The van der Waals surface area contributed by atoms with Crippen LogP contribution in [0, 0.1) is 34.5 Å². The van der Waals surface area contributed by atoms with Crippen LogP contribution in [0.3, 0.4) is 0 Å². The minimum Gasteiger partial charge on any atom is -0.396 e. The predicted octanol–water partition coefficient (Wildman–Crippen LogP) is 3.66. The van der Waals surface area contributed by atoms with Crippen molar-refractivity contribution in [2.24, 2.45) is 34.5 Å². The molecule has 7 heteroatoms. The Morgan fingerprint density at radius 2 is 1.82 bits per heavy atom. The maximum atomic E-state index is 12.8. The number of rotatable bonds is 4. The SMILES string of the molecule is C[C@@]12CCC[C@H]1[C@H](CNC(=O)C(F)(F)F)[C@@H]([C@@]1(C)CC[C@H](O)C[C@@H]1CO)CC2. The molecule has 1 amide bonds. The van der Waals surface area contributed by atoms with Crippen molar-refractivity contribution in [3.8, 4) is 0 Å². The van der Waals surface area contributed by atoms with Gasteiger partial charge in [0, 0.05) is 13.2 Å². The highest BCUT2D eigenvalue weighted by Crippen LogP contribution is 2.62. The van der Waals surface area contributed by atoms with Crippen LogP contribution in [0.25, 0.3) is 0 Å². The number of carbonyl (C=O) groups excluding carboxylic acids is 1. The number of amides is 1. The van der Waals surface area contributed by atoms with Gasteiger partial charge in [-0.15, -0.1) is 0 Å². The van der Waals surface area contributed by atoms with E-state index in [9.17, 15) is 28.2 Å². The lowest BCUT2D eigenvalue weighted by Gasteiger charge is -2.56. The van der Waals surface area contributed by atoms with Gasteiger partial charge in [-0.3, -0.25) is 4.79 Å². The molecule has 0 unspecified atom stereocenters. The molecule has 3 fully saturated rings. The summed E-state index contributed by atoms with van der Waals surface area (Å²) in [5.74, 6) is -1.52. The van der Waals surface area contributed by atoms with Crippen LogP contribution in [0.5, 0.6) is 0 Å². The average Bonchev–Trinajstić information content (AvgIpc) is 3.02. The van der Waals surface area contributed by atoms with Gasteiger partial charge in [0.15, 0.2) is 0 Å². The molecular formula is C21H34F3NO3. The Balaban J connectivity index is 1.86. The molecule has 3 aliphatic carbocycles. The number of carbonyl (C=O) groups is 1. The second-order valence-corrected chi connectivity index (χ2v) is 9.98. The highest BCUT2D eigenvalue weighted by Gasteiger charge is 2.56. The first kappa shape index (κ1) is 21.9. The number of aliphatic hydroxyl groups is 2. The molecule has 0 aromatic carbocycles. The second kappa shape index (κ2) is 7.78. The molecule has 0 aromatic heterocycles. The van der Waals surface area contributed by atoms with Gasteiger partial charge >= 0.3 is 12.1 Å². The standard InChI is InChI=1S/C21H34F3NO3/c1-19-7-3-4-16(19)15(11-25-18(28)21(22,23)24)17(6-8-19)20(2)9-5-14(27)10-13(20)12-26/h13-17,26-27H,3-12H2,1-2H3,(H,25,28)/t13-,14+,15+,16+,17+,19+,20+/m1/s1. The first-order chi connectivity index (χ1) is 13.0. The molecular weight excluding hydrogens is 371 g/mol. The zero-order valence-corrected chi connectivity index (χ0v) is 16.9. The van der Waals surface area contributed by atoms with Crippen molar-refractivity contribution in [3.05, 3.63) is 0 Å². The van der Waals surface area contributed by atoms with Crippen molar-refractivity contribution in [2.45, 2.75) is 77.5 Å². The first-order valence-electron chi connectivity index (χ1n) is 10.7. The first-order valence-corrected chi connectivity index (χ1v) is 10.7. The van der Waals surface area contributed by atoms with Gasteiger partial charge in [-0.1, -0.05) is 20.3 Å². The van der Waals surface area contributed by atoms with E-state index in [0.29, 0.717) is 18.8 Å². The van der Waals surface area contributed by atoms with E-state index in [4.69, 9.17) is 0 Å². The molecule has 28 heavy (non-hydrogen) atoms. The number of hydrogen-bond acceptors (Lipinski definition) is 3. The number of alkyl halides is 3. The zero-order chi connectivity index (χ0) is 20.7. The summed E-state index contributed by atoms with van der Waals surface area (Å²) in [5.41, 5.74) is -0.102. The molecule has 0 bridgehead atoms. The molecule has 0 aromatic rings. The summed E-state index contributed by atoms with van der Waals surface area (Å²) in [5, 5.41) is 22.2. The van der Waals surface area contributed by atoms with Gasteiger partial charge < -0.3 is 15.5 Å². The molecule has 0 spiro atoms. The summed E-state index contributed by atoms with van der Waals surface area (Å²) < 4.78 is 38.3. The molecule has 0 heterocycles. The fourth-order valence-electron chi connectivity index (χ4n) is 6.86. The van der Waals surface area contributed by atoms with Gasteiger partial charge in [0.2, 0.25) is 0 Å². The largest absolute Gasteiger partial charge is 0.471 e. The van der Waals surface area contributed by atoms with Crippen LogP contribution in [0.2, 0.25) is 0 Å². The third-order valence-corrected chi connectivity index (χ3v) is 8.55. The quantitative estimate of drug-likeness (QED) is 0.669. The highest BCUT2D eigenvalue weighted by atomic mass is 19.4. The van der Waals surface area contributed by atoms with Gasteiger partial charge in [-0.25, -0.2) is 0 Å². The Hall–Kier alpha value is -0.820. The lowest BCUT2D eigenvalue weighted by molar-refractivity contribution is -0.174. The molecule has 3 aliphatic rings. The van der Waals surface area contributed by atoms with Crippen LogP contribution in [0.4, 0.5) is 13.2 Å². The maximum absolute atomic E-state index is 12.8. The van der Waals surface area contributed by atoms with E-state index < -0.39 is 18.2 Å². The number of aliphatic hydroxyl groups excluding tert-OH is 2. The Labute approximate surface area is 165 Å². The number of fused-ring (bicyclic) bond motifs is 1. The highest BCUT2D eigenvalue weighted by molar-refractivity contribution is 5.81. The topological polar surface area (TPSA) is 69.6 Å². The Morgan fingerprint density at radius 1 is 1.11 bits per heavy atom. The number of halogens is 3. The lowest BCUT2D eigenvalue weighted by atomic mass is 9.49. The molecule has 0 radical (unpaired) electrons. The average molecular weight is 406 g/mol. The molecule has 3 saturated carbocycles. The van der Waals surface area contributed by atoms with Gasteiger partial charge in [0.05, 0.1) is 6.10 Å². The summed E-state index contributed by atoms with van der Waals surface area (Å²) in [6.45, 7) is 4.41. The summed E-state index contributed by atoms with van der Waals surface area (Å²) in [4.78, 5) is 11.5. The van der Waals surface area contributed by atoms with Crippen LogP contribution in [0.1, 0.15) is 65.2 Å². The minimum atomic E-state index is -4.87. The number of hydrogen-bond donors (Lipinski definition) is 3. The number of nitrogens with one attached hydrogen (secondary N) is 1. The van der Waals surface area contributed by atoms with Crippen molar-refractivity contribution < 1.29 is 28.2 Å². The summed E-state index contributed by atoms with van der Waals surface area (Å²) in [7, 11) is 0. The van der Waals surface area contributed by atoms with E-state index >= 15 is 0 Å². The second-order valence-electron chi connectivity index (χ2n) is 9.98. The normalized spacial score (nSPS) is 44.2. The smallest absolute Gasteiger partial charge is 0.396 e. The summed E-state index contributed by atoms with van der Waals surface area (Å²) in [6.07, 6.45) is 1.78. The van der Waals surface area contributed by atoms with Crippen LogP contribution in [-0.4, -0.2) is 41.6 Å².